The third kappa shape index (κ3) is 2.26. The Morgan fingerprint density at radius 1 is 1.22 bits per heavy atom. The van der Waals surface area contributed by atoms with Gasteiger partial charge in [0.15, 0.2) is 0 Å². The van der Waals surface area contributed by atoms with Gasteiger partial charge in [-0.2, -0.15) is 0 Å². The normalized spacial score (nSPS) is 11.2. The van der Waals surface area contributed by atoms with Gasteiger partial charge in [0.1, 0.15) is 0 Å². The minimum absolute atomic E-state index is 0.610. The number of hydrogen-bond acceptors (Lipinski definition) is 4. The van der Waals surface area contributed by atoms with Crippen molar-refractivity contribution in [2.45, 2.75) is 13.0 Å². The molecule has 0 aromatic carbocycles. The van der Waals surface area contributed by atoms with E-state index in [1.807, 2.05) is 29.1 Å². The number of alkyl halides is 1. The molecule has 7 heteroatoms. The minimum atomic E-state index is 0.610. The van der Waals surface area contributed by atoms with Crippen molar-refractivity contribution in [3.8, 4) is 0 Å². The largest absolute Gasteiger partial charge is 0.291 e. The molecule has 0 aliphatic carbocycles. The maximum Gasteiger partial charge on any atom is 0.233 e. The second-order valence-electron chi connectivity index (χ2n) is 3.91. The summed E-state index contributed by atoms with van der Waals surface area (Å²) in [5.41, 5.74) is 1.90. The van der Waals surface area contributed by atoms with Gasteiger partial charge < -0.3 is 0 Å². The van der Waals surface area contributed by atoms with Gasteiger partial charge in [-0.1, -0.05) is 21.1 Å². The minimum Gasteiger partial charge on any atom is -0.291 e. The highest BCUT2D eigenvalue weighted by atomic mass is 79.9. The topological polar surface area (TPSA) is 60.9 Å². The number of nitrogens with zero attached hydrogens (tertiary/aromatic N) is 6. The van der Waals surface area contributed by atoms with Crippen LogP contribution >= 0.6 is 15.9 Å². The predicted molar refractivity (Wildman–Crippen MR) is 69.6 cm³/mol. The van der Waals surface area contributed by atoms with Crippen LogP contribution in [0.15, 0.2) is 30.9 Å². The van der Waals surface area contributed by atoms with Gasteiger partial charge in [-0.3, -0.25) is 4.40 Å². The first-order valence-corrected chi connectivity index (χ1v) is 6.71. The van der Waals surface area contributed by atoms with Crippen LogP contribution in [0.25, 0.3) is 5.78 Å². The van der Waals surface area contributed by atoms with Gasteiger partial charge in [0.05, 0.1) is 17.9 Å². The van der Waals surface area contributed by atoms with Gasteiger partial charge in [0, 0.05) is 36.5 Å². The van der Waals surface area contributed by atoms with Gasteiger partial charge in [-0.25, -0.2) is 14.6 Å². The Bertz CT molecular complexity index is 625. The summed E-state index contributed by atoms with van der Waals surface area (Å²) in [6.45, 7) is 0.610. The van der Waals surface area contributed by atoms with Crippen molar-refractivity contribution in [1.82, 2.24) is 29.4 Å². The fraction of sp³-hybridized carbons (Fsp3) is 0.273. The first kappa shape index (κ1) is 11.3. The molecule has 92 valence electrons. The summed E-state index contributed by atoms with van der Waals surface area (Å²) in [7, 11) is 0. The maximum absolute atomic E-state index is 4.42. The smallest absolute Gasteiger partial charge is 0.233 e. The molecule has 6 nitrogen and oxygen atoms in total. The standard InChI is InChI=1S/C11H11BrN6/c12-3-2-9-7-18(16-15-9)8-10-6-17-5-1-4-13-11(17)14-10/h1,4-7H,2-3,8H2. The Kier molecular flexibility index (Phi) is 3.06. The zero-order valence-corrected chi connectivity index (χ0v) is 11.2. The molecule has 18 heavy (non-hydrogen) atoms. The van der Waals surface area contributed by atoms with Crippen molar-refractivity contribution in [3.05, 3.63) is 42.2 Å². The number of fused-ring (bicyclic) bond motifs is 1. The highest BCUT2D eigenvalue weighted by Gasteiger charge is 2.05. The molecule has 0 saturated heterocycles. The fourth-order valence-electron chi connectivity index (χ4n) is 1.75. The number of hydrogen-bond donors (Lipinski definition) is 0. The van der Waals surface area contributed by atoms with Crippen LogP contribution in [0.1, 0.15) is 11.4 Å². The van der Waals surface area contributed by atoms with E-state index in [1.165, 1.54) is 0 Å². The van der Waals surface area contributed by atoms with Crippen LogP contribution in [-0.2, 0) is 13.0 Å². The third-order valence-electron chi connectivity index (χ3n) is 2.55. The highest BCUT2D eigenvalue weighted by molar-refractivity contribution is 9.09. The van der Waals surface area contributed by atoms with Crippen molar-refractivity contribution in [1.29, 1.82) is 0 Å². The summed E-state index contributed by atoms with van der Waals surface area (Å²) >= 11 is 3.38. The SMILES string of the molecule is BrCCc1cn(Cc2cn3cccnc3n2)nn1. The Morgan fingerprint density at radius 2 is 2.17 bits per heavy atom. The molecule has 0 fully saturated rings. The van der Waals surface area contributed by atoms with Gasteiger partial charge >= 0.3 is 0 Å². The van der Waals surface area contributed by atoms with Crippen LogP contribution < -0.4 is 0 Å². The average molecular weight is 307 g/mol. The molecule has 0 saturated carbocycles. The number of halogens is 1. The monoisotopic (exact) mass is 306 g/mol. The molecular formula is C11H11BrN6. The van der Waals surface area contributed by atoms with Crippen molar-refractivity contribution in [2.75, 3.05) is 5.33 Å². The van der Waals surface area contributed by atoms with Crippen LogP contribution in [0.2, 0.25) is 0 Å². The maximum atomic E-state index is 4.42. The fourth-order valence-corrected chi connectivity index (χ4v) is 2.16. The molecule has 3 aromatic heterocycles. The van der Waals surface area contributed by atoms with E-state index in [0.717, 1.165) is 23.1 Å². The molecule has 0 radical (unpaired) electrons. The zero-order valence-electron chi connectivity index (χ0n) is 9.57. The molecular weight excluding hydrogens is 296 g/mol. The molecule has 0 unspecified atom stereocenters. The second kappa shape index (κ2) is 4.85. The van der Waals surface area contributed by atoms with Crippen molar-refractivity contribution >= 4 is 21.7 Å². The van der Waals surface area contributed by atoms with Crippen molar-refractivity contribution in [3.63, 3.8) is 0 Å². The van der Waals surface area contributed by atoms with Crippen LogP contribution in [0, 0.1) is 0 Å². The van der Waals surface area contributed by atoms with Crippen molar-refractivity contribution < 1.29 is 0 Å². The van der Waals surface area contributed by atoms with E-state index >= 15 is 0 Å². The van der Waals surface area contributed by atoms with Gasteiger partial charge in [0.2, 0.25) is 5.78 Å². The Hall–Kier alpha value is -1.76. The third-order valence-corrected chi connectivity index (χ3v) is 2.94. The summed E-state index contributed by atoms with van der Waals surface area (Å²) in [6, 6.07) is 1.88. The number of aromatic nitrogens is 6. The Balaban J connectivity index is 1.82. The van der Waals surface area contributed by atoms with E-state index in [2.05, 4.69) is 36.2 Å². The first-order valence-electron chi connectivity index (χ1n) is 5.59. The molecule has 3 heterocycles. The van der Waals surface area contributed by atoms with Gasteiger partial charge in [0.25, 0.3) is 0 Å². The lowest BCUT2D eigenvalue weighted by atomic mass is 10.4. The van der Waals surface area contributed by atoms with E-state index < -0.39 is 0 Å². The number of imidazole rings is 1. The summed E-state index contributed by atoms with van der Waals surface area (Å²) in [6.07, 6.45) is 8.44. The van der Waals surface area contributed by atoms with Gasteiger partial charge in [-0.05, 0) is 6.07 Å². The van der Waals surface area contributed by atoms with Gasteiger partial charge in [-0.15, -0.1) is 5.10 Å². The molecule has 0 aliphatic heterocycles. The Labute approximate surface area is 112 Å². The summed E-state index contributed by atoms with van der Waals surface area (Å²) in [4.78, 5) is 8.60. The predicted octanol–water partition coefficient (Wildman–Crippen LogP) is 1.31. The lowest BCUT2D eigenvalue weighted by Gasteiger charge is -1.93. The van der Waals surface area contributed by atoms with E-state index in [0.29, 0.717) is 12.3 Å². The quantitative estimate of drug-likeness (QED) is 0.682. The van der Waals surface area contributed by atoms with Crippen LogP contribution in [0.3, 0.4) is 0 Å². The second-order valence-corrected chi connectivity index (χ2v) is 4.70. The molecule has 0 amide bonds. The highest BCUT2D eigenvalue weighted by Crippen LogP contribution is 2.04. The Morgan fingerprint density at radius 3 is 3.00 bits per heavy atom. The summed E-state index contributed by atoms with van der Waals surface area (Å²) in [5, 5.41) is 9.06. The van der Waals surface area contributed by atoms with E-state index in [-0.39, 0.29) is 0 Å². The zero-order chi connectivity index (χ0) is 12.4. The molecule has 0 atom stereocenters. The summed E-state index contributed by atoms with van der Waals surface area (Å²) in [5.74, 6) is 0.702. The van der Waals surface area contributed by atoms with E-state index in [9.17, 15) is 0 Å². The molecule has 0 N–H and O–H groups in total. The van der Waals surface area contributed by atoms with Crippen LogP contribution in [0.5, 0.6) is 0 Å². The molecule has 3 aromatic rings. The van der Waals surface area contributed by atoms with E-state index in [1.54, 1.807) is 10.9 Å². The molecule has 0 spiro atoms. The van der Waals surface area contributed by atoms with E-state index in [4.69, 9.17) is 0 Å². The first-order chi connectivity index (χ1) is 8.85. The molecule has 0 bridgehead atoms. The van der Waals surface area contributed by atoms with Crippen LogP contribution in [0.4, 0.5) is 0 Å². The van der Waals surface area contributed by atoms with Crippen LogP contribution in [-0.4, -0.2) is 34.7 Å². The summed E-state index contributed by atoms with van der Waals surface area (Å²) < 4.78 is 3.69. The number of aryl methyl sites for hydroxylation is 1. The van der Waals surface area contributed by atoms with Crippen molar-refractivity contribution in [2.24, 2.45) is 0 Å². The number of rotatable bonds is 4. The lowest BCUT2D eigenvalue weighted by molar-refractivity contribution is 0.640. The average Bonchev–Trinajstić information content (AvgIpc) is 2.96. The lowest BCUT2D eigenvalue weighted by Crippen LogP contribution is -2.00. The molecule has 3 rings (SSSR count). The molecule has 0 aliphatic rings.